The summed E-state index contributed by atoms with van der Waals surface area (Å²) in [5.41, 5.74) is -0.177. The van der Waals surface area contributed by atoms with Gasteiger partial charge in [0.05, 0.1) is 11.0 Å². The normalized spacial score (nSPS) is 26.1. The highest BCUT2D eigenvalue weighted by atomic mass is 31.0. The molecule has 0 bridgehead atoms. The first-order chi connectivity index (χ1) is 10.8. The Labute approximate surface area is 136 Å². The van der Waals surface area contributed by atoms with E-state index in [0.717, 1.165) is 0 Å². The van der Waals surface area contributed by atoms with Crippen molar-refractivity contribution in [2.75, 3.05) is 11.4 Å². The van der Waals surface area contributed by atoms with Gasteiger partial charge in [-0.05, 0) is 31.6 Å². The summed E-state index contributed by atoms with van der Waals surface area (Å²) in [5, 5.41) is 8.15. The van der Waals surface area contributed by atoms with Gasteiger partial charge in [0.25, 0.3) is 0 Å². The van der Waals surface area contributed by atoms with Crippen molar-refractivity contribution in [1.82, 2.24) is 9.97 Å². The van der Waals surface area contributed by atoms with Crippen LogP contribution in [-0.4, -0.2) is 33.4 Å². The highest BCUT2D eigenvalue weighted by Gasteiger charge is 2.53. The number of allylic oxidation sites excluding steroid dienone is 1. The van der Waals surface area contributed by atoms with Crippen molar-refractivity contribution in [3.05, 3.63) is 41.9 Å². The zero-order chi connectivity index (χ0) is 16.8. The SMILES string of the molecule is CC1(C)C(=O)C(C#N)=C[C@@]2(P)C(=O)N(c3ccncn3)CC=C12. The van der Waals surface area contributed by atoms with Gasteiger partial charge in [-0.3, -0.25) is 14.5 Å². The van der Waals surface area contributed by atoms with E-state index in [1.807, 2.05) is 12.1 Å². The second kappa shape index (κ2) is 5.07. The summed E-state index contributed by atoms with van der Waals surface area (Å²) in [4.78, 5) is 35.0. The minimum Gasteiger partial charge on any atom is -0.292 e. The van der Waals surface area contributed by atoms with Crippen LogP contribution in [-0.2, 0) is 9.59 Å². The van der Waals surface area contributed by atoms with Crippen molar-refractivity contribution < 1.29 is 9.59 Å². The van der Waals surface area contributed by atoms with Gasteiger partial charge >= 0.3 is 0 Å². The number of Topliss-reactive ketones (excluding diaryl/α,β-unsaturated/α-hetero) is 1. The molecule has 0 spiro atoms. The first kappa shape index (κ1) is 15.5. The van der Waals surface area contributed by atoms with E-state index in [1.54, 1.807) is 26.1 Å². The van der Waals surface area contributed by atoms with E-state index >= 15 is 0 Å². The Bertz CT molecular complexity index is 807. The van der Waals surface area contributed by atoms with Gasteiger partial charge in [-0.25, -0.2) is 9.97 Å². The van der Waals surface area contributed by atoms with Gasteiger partial charge in [0, 0.05) is 12.7 Å². The Morgan fingerprint density at radius 3 is 2.74 bits per heavy atom. The van der Waals surface area contributed by atoms with Crippen LogP contribution in [0.25, 0.3) is 0 Å². The van der Waals surface area contributed by atoms with Crippen molar-refractivity contribution in [2.45, 2.75) is 19.0 Å². The quantitative estimate of drug-likeness (QED) is 0.575. The van der Waals surface area contributed by atoms with Crippen LogP contribution in [0.4, 0.5) is 5.82 Å². The largest absolute Gasteiger partial charge is 0.292 e. The summed E-state index contributed by atoms with van der Waals surface area (Å²) >= 11 is 0. The van der Waals surface area contributed by atoms with Crippen LogP contribution in [0.3, 0.4) is 0 Å². The Morgan fingerprint density at radius 2 is 2.13 bits per heavy atom. The van der Waals surface area contributed by atoms with Crippen LogP contribution >= 0.6 is 9.24 Å². The number of hydrogen-bond donors (Lipinski definition) is 0. The molecule has 23 heavy (non-hydrogen) atoms. The molecule has 0 N–H and O–H groups in total. The first-order valence-corrected chi connectivity index (χ1v) is 7.66. The molecule has 0 fully saturated rings. The molecule has 1 aromatic rings. The fourth-order valence-corrected chi connectivity index (χ4v) is 3.96. The summed E-state index contributed by atoms with van der Waals surface area (Å²) < 4.78 is 0. The number of rotatable bonds is 1. The first-order valence-electron chi connectivity index (χ1n) is 7.08. The molecule has 116 valence electrons. The summed E-state index contributed by atoms with van der Waals surface area (Å²) in [5.74, 6) is 0.00312. The Balaban J connectivity index is 2.17. The van der Waals surface area contributed by atoms with Crippen molar-refractivity contribution in [2.24, 2.45) is 5.41 Å². The van der Waals surface area contributed by atoms with E-state index in [-0.39, 0.29) is 17.3 Å². The number of aromatic nitrogens is 2. The molecule has 2 heterocycles. The summed E-state index contributed by atoms with van der Waals surface area (Å²) in [6.07, 6.45) is 6.27. The summed E-state index contributed by atoms with van der Waals surface area (Å²) in [6.45, 7) is 3.82. The van der Waals surface area contributed by atoms with Gasteiger partial charge in [0.2, 0.25) is 5.91 Å². The highest BCUT2D eigenvalue weighted by molar-refractivity contribution is 7.22. The standard InChI is InChI=1S/C16H15N4O2P/c1-15(2)11-4-6-20(12-3-5-18-9-19-12)14(22)16(11,23)7-10(8-17)13(15)21/h3-5,7,9H,6,23H2,1-2H3/t16-/m0/s1. The number of nitrogens with zero attached hydrogens (tertiary/aromatic N) is 4. The van der Waals surface area contributed by atoms with Crippen molar-refractivity contribution in [1.29, 1.82) is 5.26 Å². The molecule has 1 unspecified atom stereocenters. The van der Waals surface area contributed by atoms with E-state index in [0.29, 0.717) is 17.9 Å². The average Bonchev–Trinajstić information content (AvgIpc) is 2.54. The molecule has 3 rings (SSSR count). The number of carbonyl (C=O) groups excluding carboxylic acids is 2. The van der Waals surface area contributed by atoms with E-state index in [9.17, 15) is 14.9 Å². The zero-order valence-corrected chi connectivity index (χ0v) is 13.9. The molecular weight excluding hydrogens is 311 g/mol. The molecule has 1 aliphatic heterocycles. The summed E-state index contributed by atoms with van der Waals surface area (Å²) in [6, 6.07) is 3.57. The van der Waals surface area contributed by atoms with Crippen LogP contribution in [0, 0.1) is 16.7 Å². The number of fused-ring (bicyclic) bond motifs is 1. The Kier molecular flexibility index (Phi) is 3.42. The summed E-state index contributed by atoms with van der Waals surface area (Å²) in [7, 11) is 2.52. The lowest BCUT2D eigenvalue weighted by Crippen LogP contribution is -2.55. The Morgan fingerprint density at radius 1 is 1.39 bits per heavy atom. The number of hydrogen-bond acceptors (Lipinski definition) is 5. The van der Waals surface area contributed by atoms with Crippen LogP contribution < -0.4 is 4.90 Å². The van der Waals surface area contributed by atoms with Gasteiger partial charge in [-0.15, -0.1) is 9.24 Å². The third-order valence-corrected chi connectivity index (χ3v) is 5.07. The molecule has 2 atom stereocenters. The van der Waals surface area contributed by atoms with Crippen molar-refractivity contribution in [3.8, 4) is 6.07 Å². The van der Waals surface area contributed by atoms with Gasteiger partial charge in [-0.1, -0.05) is 6.08 Å². The van der Waals surface area contributed by atoms with E-state index in [4.69, 9.17) is 0 Å². The molecule has 0 saturated carbocycles. The van der Waals surface area contributed by atoms with Crippen LogP contribution in [0.5, 0.6) is 0 Å². The third-order valence-electron chi connectivity index (χ3n) is 4.34. The molecule has 0 radical (unpaired) electrons. The molecule has 6 nitrogen and oxygen atoms in total. The Hall–Kier alpha value is -2.38. The topological polar surface area (TPSA) is 87.0 Å². The molecule has 2 aliphatic rings. The minimum atomic E-state index is -1.11. The van der Waals surface area contributed by atoms with Gasteiger partial charge in [-0.2, -0.15) is 5.26 Å². The van der Waals surface area contributed by atoms with Crippen molar-refractivity contribution >= 4 is 26.7 Å². The van der Waals surface area contributed by atoms with Gasteiger partial charge in [0.15, 0.2) is 5.78 Å². The molecule has 7 heteroatoms. The highest BCUT2D eigenvalue weighted by Crippen LogP contribution is 2.50. The minimum absolute atomic E-state index is 0.0139. The molecular formula is C16H15N4O2P. The van der Waals surface area contributed by atoms with Gasteiger partial charge < -0.3 is 0 Å². The lowest BCUT2D eigenvalue weighted by Gasteiger charge is -2.45. The van der Waals surface area contributed by atoms with Crippen LogP contribution in [0.2, 0.25) is 0 Å². The smallest absolute Gasteiger partial charge is 0.246 e. The number of amides is 1. The average molecular weight is 326 g/mol. The fourth-order valence-electron chi connectivity index (χ4n) is 3.16. The fraction of sp³-hybridized carbons (Fsp3) is 0.312. The molecule has 0 saturated heterocycles. The van der Waals surface area contributed by atoms with E-state index in [2.05, 4.69) is 19.2 Å². The maximum absolute atomic E-state index is 13.1. The maximum atomic E-state index is 13.1. The van der Waals surface area contributed by atoms with E-state index < -0.39 is 10.6 Å². The lowest BCUT2D eigenvalue weighted by molar-refractivity contribution is -0.123. The van der Waals surface area contributed by atoms with Gasteiger partial charge in [0.1, 0.15) is 23.4 Å². The number of nitriles is 1. The lowest BCUT2D eigenvalue weighted by atomic mass is 9.66. The van der Waals surface area contributed by atoms with E-state index in [1.165, 1.54) is 17.3 Å². The van der Waals surface area contributed by atoms with Crippen molar-refractivity contribution in [3.63, 3.8) is 0 Å². The maximum Gasteiger partial charge on any atom is 0.246 e. The second-order valence-electron chi connectivity index (χ2n) is 6.09. The number of carbonyl (C=O) groups is 2. The van der Waals surface area contributed by atoms with Crippen LogP contribution in [0.1, 0.15) is 13.8 Å². The zero-order valence-electron chi connectivity index (χ0n) is 12.8. The number of ketones is 1. The molecule has 1 aromatic heterocycles. The number of anilines is 1. The predicted octanol–water partition coefficient (Wildman–Crippen LogP) is 1.42. The molecule has 1 amide bonds. The third kappa shape index (κ3) is 2.12. The second-order valence-corrected chi connectivity index (χ2v) is 7.00. The van der Waals surface area contributed by atoms with Crippen LogP contribution in [0.15, 0.2) is 41.9 Å². The molecule has 0 aromatic carbocycles. The monoisotopic (exact) mass is 326 g/mol. The molecule has 1 aliphatic carbocycles. The predicted molar refractivity (Wildman–Crippen MR) is 87.4 cm³/mol.